The second kappa shape index (κ2) is 17.1. The van der Waals surface area contributed by atoms with Gasteiger partial charge < -0.3 is 29.2 Å². The molecule has 248 valence electrons. The molecule has 0 bridgehead atoms. The maximum absolute atomic E-state index is 9.61. The van der Waals surface area contributed by atoms with Crippen LogP contribution in [0.3, 0.4) is 0 Å². The molecule has 0 heterocycles. The number of aliphatic hydroxyl groups is 2. The fourth-order valence-corrected chi connectivity index (χ4v) is 4.90. The minimum Gasteiger partial charge on any atom is -0.497 e. The molecule has 2 atom stereocenters. The number of hydrogen-bond acceptors (Lipinski definition) is 6. The quantitative estimate of drug-likeness (QED) is 0.146. The van der Waals surface area contributed by atoms with Crippen LogP contribution in [0.15, 0.2) is 97.1 Å². The first-order valence-corrected chi connectivity index (χ1v) is 16.1. The summed E-state index contributed by atoms with van der Waals surface area (Å²) in [5.41, 5.74) is 4.68. The van der Waals surface area contributed by atoms with Gasteiger partial charge in [0.25, 0.3) is 0 Å². The lowest BCUT2D eigenvalue weighted by Crippen LogP contribution is -2.19. The number of benzene rings is 4. The third-order valence-electron chi connectivity index (χ3n) is 8.60. The lowest BCUT2D eigenvalue weighted by molar-refractivity contribution is 0.104. The predicted molar refractivity (Wildman–Crippen MR) is 187 cm³/mol. The number of ether oxygens (including phenoxy) is 4. The molecule has 0 aliphatic rings. The summed E-state index contributed by atoms with van der Waals surface area (Å²) in [4.78, 5) is 0. The molecule has 6 nitrogen and oxygen atoms in total. The van der Waals surface area contributed by atoms with Crippen molar-refractivity contribution in [3.05, 3.63) is 119 Å². The number of methoxy groups -OCH3 is 2. The molecule has 0 radical (unpaired) electrons. The molecule has 0 aliphatic carbocycles. The van der Waals surface area contributed by atoms with Crippen LogP contribution >= 0.6 is 0 Å². The van der Waals surface area contributed by atoms with Crippen molar-refractivity contribution >= 4 is 0 Å². The Morgan fingerprint density at radius 3 is 0.913 bits per heavy atom. The fourth-order valence-electron chi connectivity index (χ4n) is 4.90. The van der Waals surface area contributed by atoms with Crippen LogP contribution in [0, 0.1) is 0 Å². The molecule has 0 aliphatic heterocycles. The minimum atomic E-state index is -0.430. The van der Waals surface area contributed by atoms with Crippen molar-refractivity contribution in [1.82, 2.24) is 0 Å². The summed E-state index contributed by atoms with van der Waals surface area (Å²) in [7, 11) is 3.37. The summed E-state index contributed by atoms with van der Waals surface area (Å²) < 4.78 is 21.6. The van der Waals surface area contributed by atoms with Crippen LogP contribution in [0.2, 0.25) is 0 Å². The van der Waals surface area contributed by atoms with Crippen LogP contribution in [0.1, 0.15) is 76.6 Å². The van der Waals surface area contributed by atoms with E-state index in [4.69, 9.17) is 18.9 Å². The molecule has 46 heavy (non-hydrogen) atoms. The summed E-state index contributed by atoms with van der Waals surface area (Å²) in [5, 5.41) is 19.2. The van der Waals surface area contributed by atoms with E-state index in [0.717, 1.165) is 23.0 Å². The lowest BCUT2D eigenvalue weighted by Gasteiger charge is -2.26. The molecule has 0 saturated carbocycles. The van der Waals surface area contributed by atoms with E-state index in [9.17, 15) is 10.2 Å². The zero-order valence-corrected chi connectivity index (χ0v) is 28.7. The Morgan fingerprint density at radius 2 is 0.696 bits per heavy atom. The molecule has 0 fully saturated rings. The highest BCUT2D eigenvalue weighted by atomic mass is 16.5. The SMILES string of the molecule is CCC(O)COc1ccc(C(C)(C)c2ccc(OCC(O)CC)cc2)cc1.COc1ccc(C(C)(C)c2ccc(OC)cc2)cc1. The summed E-state index contributed by atoms with van der Waals surface area (Å²) in [5.74, 6) is 3.30. The van der Waals surface area contributed by atoms with Crippen molar-refractivity contribution in [3.63, 3.8) is 0 Å². The molecule has 0 amide bonds. The van der Waals surface area contributed by atoms with E-state index < -0.39 is 12.2 Å². The van der Waals surface area contributed by atoms with Crippen molar-refractivity contribution < 1.29 is 29.2 Å². The van der Waals surface area contributed by atoms with E-state index in [1.165, 1.54) is 22.3 Å². The van der Waals surface area contributed by atoms with E-state index in [2.05, 4.69) is 76.2 Å². The Labute approximate surface area is 275 Å². The molecule has 2 N–H and O–H groups in total. The highest BCUT2D eigenvalue weighted by molar-refractivity contribution is 5.43. The first kappa shape index (κ1) is 36.5. The van der Waals surface area contributed by atoms with Gasteiger partial charge in [-0.05, 0) is 83.6 Å². The second-order valence-corrected chi connectivity index (χ2v) is 12.5. The van der Waals surface area contributed by atoms with E-state index in [1.54, 1.807) is 14.2 Å². The molecular weight excluding hydrogens is 576 g/mol. The van der Waals surface area contributed by atoms with E-state index in [-0.39, 0.29) is 10.8 Å². The first-order valence-electron chi connectivity index (χ1n) is 16.1. The Kier molecular flexibility index (Phi) is 13.5. The number of aliphatic hydroxyl groups excluding tert-OH is 2. The Morgan fingerprint density at radius 1 is 0.457 bits per heavy atom. The maximum Gasteiger partial charge on any atom is 0.119 e. The Bertz CT molecular complexity index is 1320. The molecule has 0 saturated heterocycles. The van der Waals surface area contributed by atoms with Crippen LogP contribution in [-0.4, -0.2) is 49.9 Å². The van der Waals surface area contributed by atoms with Crippen LogP contribution in [-0.2, 0) is 10.8 Å². The van der Waals surface area contributed by atoms with E-state index >= 15 is 0 Å². The third-order valence-corrected chi connectivity index (χ3v) is 8.60. The topological polar surface area (TPSA) is 77.4 Å². The largest absolute Gasteiger partial charge is 0.497 e. The van der Waals surface area contributed by atoms with Crippen LogP contribution in [0.25, 0.3) is 0 Å². The normalized spacial score (nSPS) is 12.7. The van der Waals surface area contributed by atoms with Gasteiger partial charge in [-0.3, -0.25) is 0 Å². The van der Waals surface area contributed by atoms with E-state index in [1.807, 2.05) is 62.4 Å². The lowest BCUT2D eigenvalue weighted by atomic mass is 9.78. The minimum absolute atomic E-state index is 0.0431. The van der Waals surface area contributed by atoms with Gasteiger partial charge in [-0.2, -0.15) is 0 Å². The third kappa shape index (κ3) is 10.0. The first-order chi connectivity index (χ1) is 21.9. The van der Waals surface area contributed by atoms with Crippen LogP contribution in [0.4, 0.5) is 0 Å². The smallest absolute Gasteiger partial charge is 0.119 e. The van der Waals surface area contributed by atoms with Gasteiger partial charge in [0.2, 0.25) is 0 Å². The van der Waals surface area contributed by atoms with Gasteiger partial charge in [0.15, 0.2) is 0 Å². The highest BCUT2D eigenvalue weighted by Crippen LogP contribution is 2.34. The van der Waals surface area contributed by atoms with Gasteiger partial charge in [0.05, 0.1) is 26.4 Å². The molecule has 4 rings (SSSR count). The van der Waals surface area contributed by atoms with Crippen molar-refractivity contribution in [3.8, 4) is 23.0 Å². The summed E-state index contributed by atoms with van der Waals surface area (Å²) in [6.45, 7) is 13.3. The van der Waals surface area contributed by atoms with Crippen molar-refractivity contribution in [1.29, 1.82) is 0 Å². The fraction of sp³-hybridized carbons (Fsp3) is 0.400. The zero-order valence-electron chi connectivity index (χ0n) is 28.7. The molecule has 2 unspecified atom stereocenters. The predicted octanol–water partition coefficient (Wildman–Crippen LogP) is 8.34. The van der Waals surface area contributed by atoms with E-state index in [0.29, 0.717) is 26.1 Å². The second-order valence-electron chi connectivity index (χ2n) is 12.5. The van der Waals surface area contributed by atoms with Gasteiger partial charge in [0.1, 0.15) is 36.2 Å². The van der Waals surface area contributed by atoms with Crippen molar-refractivity contribution in [2.45, 2.75) is 77.4 Å². The number of rotatable bonds is 14. The van der Waals surface area contributed by atoms with Gasteiger partial charge >= 0.3 is 0 Å². The van der Waals surface area contributed by atoms with Crippen molar-refractivity contribution in [2.75, 3.05) is 27.4 Å². The molecule has 6 heteroatoms. The zero-order chi connectivity index (χ0) is 33.7. The highest BCUT2D eigenvalue weighted by Gasteiger charge is 2.24. The molecule has 4 aromatic rings. The van der Waals surface area contributed by atoms with Gasteiger partial charge in [0, 0.05) is 10.8 Å². The Hall–Kier alpha value is -4.00. The van der Waals surface area contributed by atoms with Crippen LogP contribution in [0.5, 0.6) is 23.0 Å². The summed E-state index contributed by atoms with van der Waals surface area (Å²) in [6.07, 6.45) is 0.505. The average molecular weight is 629 g/mol. The van der Waals surface area contributed by atoms with Crippen LogP contribution < -0.4 is 18.9 Å². The number of hydrogen-bond donors (Lipinski definition) is 2. The summed E-state index contributed by atoms with van der Waals surface area (Å²) >= 11 is 0. The maximum atomic E-state index is 9.61. The molecular formula is C40H52O6. The standard InChI is InChI=1S/C23H32O4.C17H20O2/c1-5-19(24)15-26-21-11-7-17(8-12-21)23(3,4)18-9-13-22(14-10-18)27-16-20(25)6-2;1-17(2,13-5-9-15(18-3)10-6-13)14-7-11-16(19-4)12-8-14/h7-14,19-20,24-25H,5-6,15-16H2,1-4H3;5-12H,1-4H3. The molecule has 0 aromatic heterocycles. The van der Waals surface area contributed by atoms with Gasteiger partial charge in [-0.25, -0.2) is 0 Å². The average Bonchev–Trinajstić information content (AvgIpc) is 3.10. The Balaban J connectivity index is 0.000000266. The van der Waals surface area contributed by atoms with Crippen molar-refractivity contribution in [2.24, 2.45) is 0 Å². The van der Waals surface area contributed by atoms with Gasteiger partial charge in [-0.15, -0.1) is 0 Å². The monoisotopic (exact) mass is 628 g/mol. The van der Waals surface area contributed by atoms with Gasteiger partial charge in [-0.1, -0.05) is 90.1 Å². The molecule has 4 aromatic carbocycles. The summed E-state index contributed by atoms with van der Waals surface area (Å²) in [6, 6.07) is 32.5. The molecule has 0 spiro atoms.